The fourth-order valence-corrected chi connectivity index (χ4v) is 3.49. The number of hydrogen-bond acceptors (Lipinski definition) is 5. The highest BCUT2D eigenvalue weighted by Gasteiger charge is 2.16. The summed E-state index contributed by atoms with van der Waals surface area (Å²) in [6.07, 6.45) is -0.0430. The van der Waals surface area contributed by atoms with Crippen LogP contribution in [0.5, 0.6) is 0 Å². The molecule has 2 rings (SSSR count). The van der Waals surface area contributed by atoms with Crippen LogP contribution in [0.1, 0.15) is 31.7 Å². The molecule has 2 aromatic carbocycles. The Morgan fingerprint density at radius 3 is 2.33 bits per heavy atom. The van der Waals surface area contributed by atoms with Crippen molar-refractivity contribution in [2.45, 2.75) is 31.1 Å². The normalized spacial score (nSPS) is 11.4. The van der Waals surface area contributed by atoms with Gasteiger partial charge < -0.3 is 5.32 Å². The second-order valence-corrected chi connectivity index (χ2v) is 7.96. The molecule has 27 heavy (non-hydrogen) atoms. The van der Waals surface area contributed by atoms with Crippen molar-refractivity contribution in [3.8, 4) is 0 Å². The van der Waals surface area contributed by atoms with Crippen LogP contribution in [0.15, 0.2) is 53.4 Å². The second kappa shape index (κ2) is 8.74. The number of para-hydroxylation sites is 1. The van der Waals surface area contributed by atoms with Gasteiger partial charge in [-0.1, -0.05) is 32.0 Å². The van der Waals surface area contributed by atoms with Crippen LogP contribution in [0.2, 0.25) is 0 Å². The van der Waals surface area contributed by atoms with E-state index >= 15 is 0 Å². The Morgan fingerprint density at radius 1 is 1.11 bits per heavy atom. The quantitative estimate of drug-likeness (QED) is 0.530. The predicted molar refractivity (Wildman–Crippen MR) is 102 cm³/mol. The number of sulfonamides is 1. The third-order valence-electron chi connectivity index (χ3n) is 3.86. The van der Waals surface area contributed by atoms with E-state index in [1.165, 1.54) is 0 Å². The van der Waals surface area contributed by atoms with Crippen LogP contribution in [0.4, 0.5) is 11.4 Å². The van der Waals surface area contributed by atoms with Gasteiger partial charge in [0.1, 0.15) is 0 Å². The van der Waals surface area contributed by atoms with E-state index in [4.69, 9.17) is 0 Å². The maximum atomic E-state index is 12.2. The first kappa shape index (κ1) is 20.5. The van der Waals surface area contributed by atoms with Crippen molar-refractivity contribution in [1.29, 1.82) is 0 Å². The summed E-state index contributed by atoms with van der Waals surface area (Å²) in [7, 11) is -3.85. The number of amides is 1. The van der Waals surface area contributed by atoms with Crippen LogP contribution in [-0.2, 0) is 14.8 Å². The van der Waals surface area contributed by atoms with E-state index in [1.807, 2.05) is 32.0 Å². The lowest BCUT2D eigenvalue weighted by Crippen LogP contribution is -2.28. The maximum absolute atomic E-state index is 12.2. The molecule has 0 atom stereocenters. The number of benzene rings is 2. The van der Waals surface area contributed by atoms with Gasteiger partial charge in [-0.15, -0.1) is 0 Å². The Labute approximate surface area is 157 Å². The number of nitro benzene ring substituents is 1. The Kier molecular flexibility index (Phi) is 6.65. The Bertz CT molecular complexity index is 924. The third-order valence-corrected chi connectivity index (χ3v) is 5.34. The predicted octanol–water partition coefficient (Wildman–Crippen LogP) is 3.03. The van der Waals surface area contributed by atoms with Crippen LogP contribution >= 0.6 is 0 Å². The van der Waals surface area contributed by atoms with Gasteiger partial charge in [0.2, 0.25) is 15.9 Å². The monoisotopic (exact) mass is 391 g/mol. The van der Waals surface area contributed by atoms with Crippen LogP contribution < -0.4 is 10.0 Å². The van der Waals surface area contributed by atoms with Gasteiger partial charge in [0.15, 0.2) is 0 Å². The van der Waals surface area contributed by atoms with Crippen molar-refractivity contribution in [2.75, 3.05) is 11.9 Å². The summed E-state index contributed by atoms with van der Waals surface area (Å²) in [5, 5.41) is 13.4. The number of carbonyl (C=O) groups excluding carboxylic acids is 1. The Hall–Kier alpha value is -2.78. The number of nitrogens with one attached hydrogen (secondary N) is 2. The van der Waals surface area contributed by atoms with Gasteiger partial charge in [0, 0.05) is 30.8 Å². The van der Waals surface area contributed by atoms with Crippen molar-refractivity contribution < 1.29 is 18.1 Å². The molecule has 0 heterocycles. The van der Waals surface area contributed by atoms with E-state index in [0.717, 1.165) is 29.8 Å². The summed E-state index contributed by atoms with van der Waals surface area (Å²) in [4.78, 5) is 22.0. The van der Waals surface area contributed by atoms with Gasteiger partial charge in [0.25, 0.3) is 5.69 Å². The van der Waals surface area contributed by atoms with E-state index in [9.17, 15) is 23.3 Å². The fourth-order valence-electron chi connectivity index (χ4n) is 2.46. The van der Waals surface area contributed by atoms with E-state index in [1.54, 1.807) is 6.07 Å². The van der Waals surface area contributed by atoms with Crippen LogP contribution in [0, 0.1) is 10.1 Å². The SMILES string of the molecule is CC(C)c1ccccc1NC(=O)CCNS(=O)(=O)c1ccc([N+](=O)[O-])cc1. The zero-order valence-electron chi connectivity index (χ0n) is 15.0. The van der Waals surface area contributed by atoms with Gasteiger partial charge in [-0.05, 0) is 29.7 Å². The number of anilines is 1. The highest BCUT2D eigenvalue weighted by Crippen LogP contribution is 2.23. The van der Waals surface area contributed by atoms with Crippen LogP contribution in [0.3, 0.4) is 0 Å². The van der Waals surface area contributed by atoms with Crippen molar-refractivity contribution in [2.24, 2.45) is 0 Å². The van der Waals surface area contributed by atoms with E-state index in [0.29, 0.717) is 5.69 Å². The molecule has 0 bridgehead atoms. The number of carbonyl (C=O) groups is 1. The molecule has 144 valence electrons. The average Bonchev–Trinajstić information content (AvgIpc) is 2.62. The molecule has 0 unspecified atom stereocenters. The minimum Gasteiger partial charge on any atom is -0.326 e. The topological polar surface area (TPSA) is 118 Å². The summed E-state index contributed by atoms with van der Waals surface area (Å²) < 4.78 is 26.7. The second-order valence-electron chi connectivity index (χ2n) is 6.19. The lowest BCUT2D eigenvalue weighted by Gasteiger charge is -2.13. The number of hydrogen-bond donors (Lipinski definition) is 2. The number of rotatable bonds is 8. The molecule has 0 aliphatic heterocycles. The highest BCUT2D eigenvalue weighted by molar-refractivity contribution is 7.89. The Morgan fingerprint density at radius 2 is 1.74 bits per heavy atom. The van der Waals surface area contributed by atoms with Crippen LogP contribution in [-0.4, -0.2) is 25.8 Å². The molecule has 2 N–H and O–H groups in total. The average molecular weight is 391 g/mol. The lowest BCUT2D eigenvalue weighted by atomic mass is 10.0. The van der Waals surface area contributed by atoms with Gasteiger partial charge in [-0.2, -0.15) is 0 Å². The molecule has 0 spiro atoms. The molecule has 0 saturated heterocycles. The van der Waals surface area contributed by atoms with E-state index in [2.05, 4.69) is 10.0 Å². The summed E-state index contributed by atoms with van der Waals surface area (Å²) in [6, 6.07) is 12.0. The fraction of sp³-hybridized carbons (Fsp3) is 0.278. The van der Waals surface area contributed by atoms with Gasteiger partial charge in [0.05, 0.1) is 9.82 Å². The molecule has 9 heteroatoms. The summed E-state index contributed by atoms with van der Waals surface area (Å²) in [5.74, 6) is -0.0726. The molecule has 2 aromatic rings. The molecule has 0 saturated carbocycles. The number of non-ortho nitro benzene ring substituents is 1. The summed E-state index contributed by atoms with van der Waals surface area (Å²) in [6.45, 7) is 3.95. The Balaban J connectivity index is 1.93. The summed E-state index contributed by atoms with van der Waals surface area (Å²) in [5.41, 5.74) is 1.50. The molecule has 0 aliphatic rings. The van der Waals surface area contributed by atoms with Crippen molar-refractivity contribution >= 4 is 27.3 Å². The zero-order chi connectivity index (χ0) is 20.0. The molecular weight excluding hydrogens is 370 g/mol. The number of nitro groups is 1. The molecule has 0 radical (unpaired) electrons. The third kappa shape index (κ3) is 5.60. The van der Waals surface area contributed by atoms with Crippen LogP contribution in [0.25, 0.3) is 0 Å². The molecule has 0 aromatic heterocycles. The molecule has 8 nitrogen and oxygen atoms in total. The largest absolute Gasteiger partial charge is 0.326 e. The minimum absolute atomic E-state index is 0.0430. The standard InChI is InChI=1S/C18H21N3O5S/c1-13(2)16-5-3-4-6-17(16)20-18(22)11-12-19-27(25,26)15-9-7-14(8-10-15)21(23)24/h3-10,13,19H,11-12H2,1-2H3,(H,20,22). The smallest absolute Gasteiger partial charge is 0.269 e. The molecular formula is C18H21N3O5S. The lowest BCUT2D eigenvalue weighted by molar-refractivity contribution is -0.384. The number of nitrogens with zero attached hydrogens (tertiary/aromatic N) is 1. The first-order chi connectivity index (χ1) is 12.7. The van der Waals surface area contributed by atoms with Gasteiger partial charge >= 0.3 is 0 Å². The maximum Gasteiger partial charge on any atom is 0.269 e. The van der Waals surface area contributed by atoms with E-state index in [-0.39, 0.29) is 35.4 Å². The highest BCUT2D eigenvalue weighted by atomic mass is 32.2. The minimum atomic E-state index is -3.85. The first-order valence-corrected chi connectivity index (χ1v) is 9.82. The zero-order valence-corrected chi connectivity index (χ0v) is 15.8. The van der Waals surface area contributed by atoms with Crippen molar-refractivity contribution in [1.82, 2.24) is 4.72 Å². The van der Waals surface area contributed by atoms with Crippen molar-refractivity contribution in [3.63, 3.8) is 0 Å². The van der Waals surface area contributed by atoms with E-state index < -0.39 is 14.9 Å². The van der Waals surface area contributed by atoms with Gasteiger partial charge in [-0.25, -0.2) is 13.1 Å². The molecule has 0 aliphatic carbocycles. The van der Waals surface area contributed by atoms with Crippen molar-refractivity contribution in [3.05, 3.63) is 64.2 Å². The molecule has 1 amide bonds. The van der Waals surface area contributed by atoms with Gasteiger partial charge in [-0.3, -0.25) is 14.9 Å². The summed E-state index contributed by atoms with van der Waals surface area (Å²) >= 11 is 0. The molecule has 0 fully saturated rings. The first-order valence-electron chi connectivity index (χ1n) is 8.33.